The molecule has 3 amide bonds. The molecule has 0 aromatic heterocycles. The molecule has 0 saturated heterocycles. The topological polar surface area (TPSA) is 194 Å². The first-order valence-corrected chi connectivity index (χ1v) is 37.7. The van der Waals surface area contributed by atoms with Gasteiger partial charge in [-0.2, -0.15) is 0 Å². The summed E-state index contributed by atoms with van der Waals surface area (Å²) >= 11 is 0. The second-order valence-corrected chi connectivity index (χ2v) is 30.8. The van der Waals surface area contributed by atoms with Gasteiger partial charge in [0.15, 0.2) is 17.2 Å². The average molecular weight is 1310 g/mol. The second-order valence-electron chi connectivity index (χ2n) is 30.8. The highest BCUT2D eigenvalue weighted by atomic mass is 16.6. The van der Waals surface area contributed by atoms with Crippen LogP contribution in [0.1, 0.15) is 387 Å². The molecule has 15 nitrogen and oxygen atoms in total. The van der Waals surface area contributed by atoms with Crippen LogP contribution in [-0.4, -0.2) is 90.4 Å². The fourth-order valence-corrected chi connectivity index (χ4v) is 11.1. The van der Waals surface area contributed by atoms with E-state index in [1.54, 1.807) is 62.3 Å². The standard InChI is InChI=1S/C78H141N3O12/c1-19-22-25-28-31-34-37-40-43-46-55-88-67-64(70(82)79-61(52-49-58(4)5)73(85)91-76(10,11)12)68(89-56-47-44-41-38-35-32-29-26-23-20-2)66(72(84)81-63(54-51-60(8)9)75(87)93-78(16,17)18)69(90-57-48-45-42-39-36-33-30-27-24-21-3)65(67)71(83)80-62(53-50-59(6)7)74(86)92-77(13,14)15/h58-63H,19-57H2,1-18H3,(H,79,82)(H,80,83)(H,81,84)/t61-,62-,63-/m0/s1. The van der Waals surface area contributed by atoms with Crippen LogP contribution in [0.5, 0.6) is 17.2 Å². The lowest BCUT2D eigenvalue weighted by Crippen LogP contribution is -2.46. The van der Waals surface area contributed by atoms with Gasteiger partial charge in [0.1, 0.15) is 51.6 Å². The highest BCUT2D eigenvalue weighted by Gasteiger charge is 2.41. The summed E-state index contributed by atoms with van der Waals surface area (Å²) < 4.78 is 38.9. The van der Waals surface area contributed by atoms with Gasteiger partial charge in [-0.1, -0.05) is 236 Å². The zero-order chi connectivity index (χ0) is 69.8. The van der Waals surface area contributed by atoms with Gasteiger partial charge in [0.25, 0.3) is 17.7 Å². The molecule has 0 heterocycles. The van der Waals surface area contributed by atoms with E-state index >= 15 is 14.4 Å². The van der Waals surface area contributed by atoms with Crippen molar-refractivity contribution in [3.63, 3.8) is 0 Å². The van der Waals surface area contributed by atoms with E-state index in [9.17, 15) is 14.4 Å². The number of benzene rings is 1. The van der Waals surface area contributed by atoms with Crippen molar-refractivity contribution < 1.29 is 57.2 Å². The third kappa shape index (κ3) is 41.2. The third-order valence-corrected chi connectivity index (χ3v) is 16.4. The summed E-state index contributed by atoms with van der Waals surface area (Å²) in [5.74, 6) is -4.70. The maximum atomic E-state index is 16.1. The summed E-state index contributed by atoms with van der Waals surface area (Å²) in [5.41, 5.74) is -3.60. The first-order chi connectivity index (χ1) is 44.0. The van der Waals surface area contributed by atoms with E-state index in [1.807, 2.05) is 41.5 Å². The number of ether oxygens (including phenoxy) is 6. The molecule has 3 N–H and O–H groups in total. The van der Waals surface area contributed by atoms with Gasteiger partial charge in [-0.05, 0) is 138 Å². The van der Waals surface area contributed by atoms with Crippen LogP contribution in [0.4, 0.5) is 0 Å². The molecule has 0 aliphatic rings. The highest BCUT2D eigenvalue weighted by Crippen LogP contribution is 2.45. The predicted molar refractivity (Wildman–Crippen MR) is 382 cm³/mol. The van der Waals surface area contributed by atoms with Crippen LogP contribution < -0.4 is 30.2 Å². The molecule has 0 spiro atoms. The minimum atomic E-state index is -1.18. The number of carbonyl (C=O) groups excluding carboxylic acids is 6. The molecule has 0 aliphatic heterocycles. The summed E-state index contributed by atoms with van der Waals surface area (Å²) in [6.45, 7) is 35.0. The van der Waals surface area contributed by atoms with Crippen molar-refractivity contribution in [3.8, 4) is 17.2 Å². The fraction of sp³-hybridized carbons (Fsp3) is 0.846. The van der Waals surface area contributed by atoms with Crippen LogP contribution in [0.3, 0.4) is 0 Å². The molecule has 0 aliphatic carbocycles. The number of carbonyl (C=O) groups is 6. The van der Waals surface area contributed by atoms with Crippen molar-refractivity contribution in [2.24, 2.45) is 17.8 Å². The SMILES string of the molecule is CCCCCCCCCCCCOc1c(C(=O)N[C@@H](CCC(C)C)C(=O)OC(C)(C)C)c(OCCCCCCCCCCCC)c(C(=O)N[C@@H](CCC(C)C)C(=O)OC(C)(C)C)c(OCCCCCCCCCCCC)c1C(=O)N[C@@H](CCC(C)C)C(=O)OC(C)(C)C. The van der Waals surface area contributed by atoms with E-state index < -0.39 is 70.6 Å². The molecule has 0 bridgehead atoms. The number of hydrogen-bond acceptors (Lipinski definition) is 12. The van der Waals surface area contributed by atoms with Crippen LogP contribution in [-0.2, 0) is 28.6 Å². The third-order valence-electron chi connectivity index (χ3n) is 16.4. The second kappa shape index (κ2) is 49.0. The summed E-state index contributed by atoms with van der Waals surface area (Å²) in [6, 6.07) is -3.53. The predicted octanol–water partition coefficient (Wildman–Crippen LogP) is 20.2. The maximum Gasteiger partial charge on any atom is 0.329 e. The monoisotopic (exact) mass is 1310 g/mol. The first-order valence-electron chi connectivity index (χ1n) is 37.7. The lowest BCUT2D eigenvalue weighted by molar-refractivity contribution is -0.158. The Labute approximate surface area is 568 Å². The van der Waals surface area contributed by atoms with Crippen molar-refractivity contribution in [2.75, 3.05) is 19.8 Å². The Morgan fingerprint density at radius 3 is 0.645 bits per heavy atom. The largest absolute Gasteiger partial charge is 0.492 e. The quantitative estimate of drug-likeness (QED) is 0.0318. The zero-order valence-electron chi connectivity index (χ0n) is 62.9. The number of esters is 3. The Kier molecular flexibility index (Phi) is 45.6. The van der Waals surface area contributed by atoms with Crippen LogP contribution in [0.25, 0.3) is 0 Å². The number of nitrogens with one attached hydrogen (secondary N) is 3. The molecule has 1 rings (SSSR count). The van der Waals surface area contributed by atoms with Crippen molar-refractivity contribution in [3.05, 3.63) is 16.7 Å². The molecule has 540 valence electrons. The fourth-order valence-electron chi connectivity index (χ4n) is 11.1. The highest BCUT2D eigenvalue weighted by molar-refractivity contribution is 6.15. The van der Waals surface area contributed by atoms with Gasteiger partial charge in [-0.25, -0.2) is 14.4 Å². The summed E-state index contributed by atoms with van der Waals surface area (Å²) in [6.07, 6.45) is 33.9. The maximum absolute atomic E-state index is 16.1. The minimum Gasteiger partial charge on any atom is -0.492 e. The van der Waals surface area contributed by atoms with Crippen molar-refractivity contribution >= 4 is 35.6 Å². The molecule has 1 aromatic rings. The van der Waals surface area contributed by atoms with E-state index in [1.165, 1.54) is 96.3 Å². The average Bonchev–Trinajstić information content (AvgIpc) is 0.751. The smallest absolute Gasteiger partial charge is 0.329 e. The number of hydrogen-bond donors (Lipinski definition) is 3. The normalized spacial score (nSPS) is 13.0. The molecule has 0 fully saturated rings. The molecule has 15 heteroatoms. The lowest BCUT2D eigenvalue weighted by atomic mass is 9.95. The lowest BCUT2D eigenvalue weighted by Gasteiger charge is -2.29. The van der Waals surface area contributed by atoms with Crippen molar-refractivity contribution in [1.29, 1.82) is 0 Å². The van der Waals surface area contributed by atoms with Gasteiger partial charge < -0.3 is 44.4 Å². The molecule has 0 saturated carbocycles. The summed E-state index contributed by atoms with van der Waals surface area (Å²) in [7, 11) is 0. The molecule has 3 atom stereocenters. The summed E-state index contributed by atoms with van der Waals surface area (Å²) in [5, 5.41) is 9.09. The number of unbranched alkanes of at least 4 members (excludes halogenated alkanes) is 27. The Balaban J connectivity index is 4.82. The van der Waals surface area contributed by atoms with E-state index in [0.717, 1.165) is 77.0 Å². The van der Waals surface area contributed by atoms with Gasteiger partial charge in [0.05, 0.1) is 19.8 Å². The van der Waals surface area contributed by atoms with Gasteiger partial charge in [-0.15, -0.1) is 0 Å². The van der Waals surface area contributed by atoms with E-state index in [4.69, 9.17) is 28.4 Å². The van der Waals surface area contributed by atoms with Crippen LogP contribution in [0, 0.1) is 17.8 Å². The van der Waals surface area contributed by atoms with Crippen molar-refractivity contribution in [2.45, 2.75) is 391 Å². The molecule has 0 radical (unpaired) electrons. The minimum absolute atomic E-state index is 0.0555. The first kappa shape index (κ1) is 86.5. The summed E-state index contributed by atoms with van der Waals surface area (Å²) in [4.78, 5) is 91.6. The van der Waals surface area contributed by atoms with Crippen molar-refractivity contribution in [1.82, 2.24) is 16.0 Å². The Morgan fingerprint density at radius 1 is 0.290 bits per heavy atom. The van der Waals surface area contributed by atoms with Crippen LogP contribution in [0.15, 0.2) is 0 Å². The van der Waals surface area contributed by atoms with Gasteiger partial charge >= 0.3 is 17.9 Å². The Morgan fingerprint density at radius 2 is 0.473 bits per heavy atom. The van der Waals surface area contributed by atoms with Gasteiger partial charge in [0, 0.05) is 0 Å². The molecular formula is C78H141N3O12. The van der Waals surface area contributed by atoms with E-state index in [0.29, 0.717) is 38.5 Å². The molecular weight excluding hydrogens is 1170 g/mol. The molecule has 93 heavy (non-hydrogen) atoms. The zero-order valence-corrected chi connectivity index (χ0v) is 62.9. The Bertz CT molecular complexity index is 1960. The molecule has 1 aromatic carbocycles. The van der Waals surface area contributed by atoms with Crippen LogP contribution in [0.2, 0.25) is 0 Å². The van der Waals surface area contributed by atoms with Crippen LogP contribution >= 0.6 is 0 Å². The van der Waals surface area contributed by atoms with Gasteiger partial charge in [-0.3, -0.25) is 14.4 Å². The number of rotatable bonds is 54. The van der Waals surface area contributed by atoms with E-state index in [2.05, 4.69) is 36.7 Å². The van der Waals surface area contributed by atoms with E-state index in [-0.39, 0.29) is 90.8 Å². The molecule has 0 unspecified atom stereocenters. The van der Waals surface area contributed by atoms with Gasteiger partial charge in [0.2, 0.25) is 0 Å². The Hall–Kier alpha value is -4.56. The number of amides is 3.